The number of hydrogen-bond acceptors (Lipinski definition) is 5. The van der Waals surface area contributed by atoms with Crippen LogP contribution in [0.1, 0.15) is 30.4 Å². The first-order valence-corrected chi connectivity index (χ1v) is 8.33. The zero-order chi connectivity index (χ0) is 16.3. The first-order valence-electron chi connectivity index (χ1n) is 7.08. The van der Waals surface area contributed by atoms with Crippen molar-refractivity contribution >= 4 is 28.9 Å². The lowest BCUT2D eigenvalue weighted by Gasteiger charge is -2.36. The monoisotopic (exact) mass is 341 g/mol. The molecule has 0 bridgehead atoms. The minimum absolute atomic E-state index is 0.374. The minimum Gasteiger partial charge on any atom is -0.468 e. The number of ether oxygens (including phenoxy) is 1. The third kappa shape index (κ3) is 3.27. The van der Waals surface area contributed by atoms with Gasteiger partial charge in [-0.15, -0.1) is 11.3 Å². The molecular formula is C16H20ClNO3S. The Bertz CT molecular complexity index is 608. The fourth-order valence-electron chi connectivity index (χ4n) is 2.73. The van der Waals surface area contributed by atoms with E-state index in [1.54, 1.807) is 17.4 Å². The number of aliphatic hydroxyl groups excluding tert-OH is 1. The number of methoxy groups -OCH3 is 1. The summed E-state index contributed by atoms with van der Waals surface area (Å²) in [6.45, 7) is 4.62. The third-order valence-corrected chi connectivity index (χ3v) is 5.29. The van der Waals surface area contributed by atoms with Crippen LogP contribution in [-0.2, 0) is 16.1 Å². The van der Waals surface area contributed by atoms with Crippen molar-refractivity contribution in [1.29, 1.82) is 0 Å². The Balaban J connectivity index is 2.37. The highest BCUT2D eigenvalue weighted by Gasteiger charge is 2.36. The smallest absolute Gasteiger partial charge is 0.327 e. The molecule has 0 saturated carbocycles. The van der Waals surface area contributed by atoms with Gasteiger partial charge in [-0.3, -0.25) is 4.90 Å². The second-order valence-electron chi connectivity index (χ2n) is 5.06. The van der Waals surface area contributed by atoms with Crippen LogP contribution >= 0.6 is 22.9 Å². The van der Waals surface area contributed by atoms with E-state index >= 15 is 0 Å². The molecule has 0 aliphatic carbocycles. The fourth-order valence-corrected chi connectivity index (χ4v) is 3.84. The predicted octanol–water partition coefficient (Wildman–Crippen LogP) is 3.23. The van der Waals surface area contributed by atoms with Crippen molar-refractivity contribution in [1.82, 2.24) is 4.90 Å². The third-order valence-electron chi connectivity index (χ3n) is 3.79. The number of carbonyl (C=O) groups is 1. The number of hydrogen-bond donors (Lipinski definition) is 1. The van der Waals surface area contributed by atoms with Gasteiger partial charge in [-0.1, -0.05) is 23.8 Å². The average Bonchev–Trinajstić information content (AvgIpc) is 3.00. The van der Waals surface area contributed by atoms with E-state index in [2.05, 4.69) is 0 Å². The number of esters is 1. The lowest BCUT2D eigenvalue weighted by Crippen LogP contribution is -2.46. The summed E-state index contributed by atoms with van der Waals surface area (Å²) in [4.78, 5) is 15.2. The van der Waals surface area contributed by atoms with E-state index in [1.165, 1.54) is 7.11 Å². The predicted molar refractivity (Wildman–Crippen MR) is 88.9 cm³/mol. The second-order valence-corrected chi connectivity index (χ2v) is 6.42. The van der Waals surface area contributed by atoms with E-state index in [0.717, 1.165) is 10.4 Å². The number of rotatable bonds is 4. The molecule has 0 aromatic carbocycles. The first-order chi connectivity index (χ1) is 10.5. The van der Waals surface area contributed by atoms with Crippen LogP contribution in [0.5, 0.6) is 0 Å². The first kappa shape index (κ1) is 17.2. The molecule has 120 valence electrons. The van der Waals surface area contributed by atoms with Crippen molar-refractivity contribution in [2.24, 2.45) is 0 Å². The maximum atomic E-state index is 12.3. The summed E-state index contributed by atoms with van der Waals surface area (Å²) in [7, 11) is 1.36. The highest BCUT2D eigenvalue weighted by Crippen LogP contribution is 2.34. The lowest BCUT2D eigenvalue weighted by atomic mass is 9.99. The molecule has 0 saturated heterocycles. The quantitative estimate of drug-likeness (QED) is 0.674. The molecule has 2 unspecified atom stereocenters. The van der Waals surface area contributed by atoms with Gasteiger partial charge in [-0.2, -0.15) is 0 Å². The number of nitrogens with zero attached hydrogens (tertiary/aromatic N) is 1. The van der Waals surface area contributed by atoms with Crippen LogP contribution in [0.3, 0.4) is 0 Å². The number of β-amino-alcohol motifs (C(OH)–C–C–N with tert-alkyl or cyclic N) is 1. The van der Waals surface area contributed by atoms with Gasteiger partial charge in [0.2, 0.25) is 0 Å². The molecule has 4 nitrogen and oxygen atoms in total. The molecule has 1 aliphatic rings. The van der Waals surface area contributed by atoms with Crippen molar-refractivity contribution in [3.63, 3.8) is 0 Å². The highest BCUT2D eigenvalue weighted by atomic mass is 35.5. The Kier molecular flexibility index (Phi) is 5.81. The van der Waals surface area contributed by atoms with E-state index in [-0.39, 0.29) is 5.97 Å². The molecule has 0 spiro atoms. The van der Waals surface area contributed by atoms with Gasteiger partial charge in [-0.05, 0) is 36.4 Å². The molecule has 1 aromatic heterocycles. The largest absolute Gasteiger partial charge is 0.468 e. The summed E-state index contributed by atoms with van der Waals surface area (Å²) < 4.78 is 4.96. The molecular weight excluding hydrogens is 322 g/mol. The zero-order valence-electron chi connectivity index (χ0n) is 12.9. The Labute approximate surface area is 139 Å². The maximum absolute atomic E-state index is 12.3. The van der Waals surface area contributed by atoms with Gasteiger partial charge < -0.3 is 9.84 Å². The zero-order valence-corrected chi connectivity index (χ0v) is 14.4. The van der Waals surface area contributed by atoms with Gasteiger partial charge in [0, 0.05) is 23.0 Å². The molecule has 0 fully saturated rings. The van der Waals surface area contributed by atoms with Crippen LogP contribution < -0.4 is 0 Å². The molecule has 22 heavy (non-hydrogen) atoms. The van der Waals surface area contributed by atoms with Crippen LogP contribution in [-0.4, -0.2) is 35.7 Å². The van der Waals surface area contributed by atoms with Crippen LogP contribution in [0.15, 0.2) is 34.2 Å². The Morgan fingerprint density at radius 2 is 2.27 bits per heavy atom. The van der Waals surface area contributed by atoms with Gasteiger partial charge in [0.1, 0.15) is 12.1 Å². The van der Waals surface area contributed by atoms with Crippen LogP contribution in [0.2, 0.25) is 0 Å². The number of allylic oxidation sites excluding steroid dienone is 2. The molecule has 0 radical (unpaired) electrons. The van der Waals surface area contributed by atoms with Gasteiger partial charge in [0.05, 0.1) is 7.11 Å². The van der Waals surface area contributed by atoms with Crippen molar-refractivity contribution < 1.29 is 14.6 Å². The summed E-state index contributed by atoms with van der Waals surface area (Å²) in [5, 5.41) is 12.8. The average molecular weight is 342 g/mol. The highest BCUT2D eigenvalue weighted by molar-refractivity contribution is 7.10. The fraction of sp³-hybridized carbons (Fsp3) is 0.438. The molecule has 1 N–H and O–H groups in total. The van der Waals surface area contributed by atoms with Crippen molar-refractivity contribution in [2.75, 3.05) is 13.7 Å². The van der Waals surface area contributed by atoms with Gasteiger partial charge in [0.15, 0.2) is 0 Å². The number of carbonyl (C=O) groups excluding carboxylic acids is 1. The Morgan fingerprint density at radius 3 is 2.86 bits per heavy atom. The Hall–Kier alpha value is -1.14. The molecule has 2 heterocycles. The standard InChI is InChI=1S/C16H20ClNO3S/c1-4-11(12(17)5-2)14(16(20)21-3)18-8-10-6-7-22-15(10)13(19)9-18/h4-7,13-14,19H,8-9H2,1-3H3/b11-4+,12-5+. The minimum atomic E-state index is -0.624. The summed E-state index contributed by atoms with van der Waals surface area (Å²) >= 11 is 7.80. The summed E-state index contributed by atoms with van der Waals surface area (Å²) in [5.41, 5.74) is 1.74. The molecule has 2 atom stereocenters. The summed E-state index contributed by atoms with van der Waals surface area (Å²) in [5.74, 6) is -0.376. The summed E-state index contributed by atoms with van der Waals surface area (Å²) in [6, 6.07) is 1.36. The van der Waals surface area contributed by atoms with Crippen molar-refractivity contribution in [3.8, 4) is 0 Å². The number of thiophene rings is 1. The van der Waals surface area contributed by atoms with Crippen molar-refractivity contribution in [3.05, 3.63) is 44.6 Å². The lowest BCUT2D eigenvalue weighted by molar-refractivity contribution is -0.146. The van der Waals surface area contributed by atoms with Crippen molar-refractivity contribution in [2.45, 2.75) is 32.5 Å². The van der Waals surface area contributed by atoms with Crippen LogP contribution in [0.4, 0.5) is 0 Å². The molecule has 2 rings (SSSR count). The summed E-state index contributed by atoms with van der Waals surface area (Å²) in [6.07, 6.45) is 2.97. The topological polar surface area (TPSA) is 49.8 Å². The van der Waals surface area contributed by atoms with Gasteiger partial charge in [0.25, 0.3) is 0 Å². The van der Waals surface area contributed by atoms with Gasteiger partial charge in [-0.25, -0.2) is 4.79 Å². The van der Waals surface area contributed by atoms with Crippen LogP contribution in [0.25, 0.3) is 0 Å². The normalized spacial score (nSPS) is 21.4. The molecule has 0 amide bonds. The van der Waals surface area contributed by atoms with Crippen LogP contribution in [0, 0.1) is 0 Å². The van der Waals surface area contributed by atoms with E-state index in [0.29, 0.717) is 23.7 Å². The van der Waals surface area contributed by atoms with E-state index in [9.17, 15) is 9.90 Å². The number of fused-ring (bicyclic) bond motifs is 1. The van der Waals surface area contributed by atoms with E-state index in [1.807, 2.05) is 36.3 Å². The van der Waals surface area contributed by atoms with Gasteiger partial charge >= 0.3 is 5.97 Å². The molecule has 1 aromatic rings. The SMILES string of the molecule is C/C=C(\C(Cl)=C/C)C(C(=O)OC)N1Cc2ccsc2C(O)C1. The molecule has 6 heteroatoms. The molecule has 1 aliphatic heterocycles. The Morgan fingerprint density at radius 1 is 1.55 bits per heavy atom. The number of aliphatic hydroxyl groups is 1. The second kappa shape index (κ2) is 7.42. The van der Waals surface area contributed by atoms with E-state index < -0.39 is 12.1 Å². The number of halogens is 1. The maximum Gasteiger partial charge on any atom is 0.327 e. The van der Waals surface area contributed by atoms with E-state index in [4.69, 9.17) is 16.3 Å².